The van der Waals surface area contributed by atoms with E-state index in [0.717, 1.165) is 0 Å². The number of halogens is 4. The van der Waals surface area contributed by atoms with Crippen molar-refractivity contribution in [1.82, 2.24) is 20.0 Å². The normalized spacial score (nSPS) is 14.5. The fraction of sp³-hybridized carbons (Fsp3) is 0.318. The lowest BCUT2D eigenvalue weighted by Crippen LogP contribution is -2.51. The Morgan fingerprint density at radius 1 is 1.16 bits per heavy atom. The molecule has 1 N–H and O–H groups in total. The third-order valence-corrected chi connectivity index (χ3v) is 5.73. The van der Waals surface area contributed by atoms with Crippen LogP contribution in [0.4, 0.5) is 13.2 Å². The highest BCUT2D eigenvalue weighted by atomic mass is 35.5. The van der Waals surface area contributed by atoms with Crippen LogP contribution in [0, 0.1) is 12.8 Å². The van der Waals surface area contributed by atoms with Crippen molar-refractivity contribution in [3.05, 3.63) is 64.3 Å². The van der Waals surface area contributed by atoms with E-state index >= 15 is 0 Å². The van der Waals surface area contributed by atoms with Crippen LogP contribution in [0.3, 0.4) is 0 Å². The highest BCUT2D eigenvalue weighted by Crippen LogP contribution is 2.25. The SMILES string of the molecule is Cc1c(C(=O)NCC(F)(F)F)ccc2nn(CC3CN(C(=O)c4ccc(Cl)cc4)C3)cc12. The van der Waals surface area contributed by atoms with Gasteiger partial charge in [0.05, 0.1) is 5.52 Å². The molecule has 0 saturated carbocycles. The zero-order valence-corrected chi connectivity index (χ0v) is 17.9. The number of nitrogens with zero attached hydrogens (tertiary/aromatic N) is 3. The van der Waals surface area contributed by atoms with Crippen molar-refractivity contribution in [2.45, 2.75) is 19.6 Å². The molecule has 2 amide bonds. The third kappa shape index (κ3) is 4.72. The van der Waals surface area contributed by atoms with Crippen molar-refractivity contribution in [2.24, 2.45) is 5.92 Å². The van der Waals surface area contributed by atoms with E-state index in [1.165, 1.54) is 6.07 Å². The average Bonchev–Trinajstić information content (AvgIpc) is 3.12. The number of fused-ring (bicyclic) bond motifs is 1. The average molecular weight is 465 g/mol. The molecular formula is C22H20ClF3N4O2. The van der Waals surface area contributed by atoms with Crippen molar-refractivity contribution in [1.29, 1.82) is 0 Å². The molecule has 0 spiro atoms. The fourth-order valence-corrected chi connectivity index (χ4v) is 3.91. The third-order valence-electron chi connectivity index (χ3n) is 5.48. The summed E-state index contributed by atoms with van der Waals surface area (Å²) in [5.74, 6) is -0.589. The first-order valence-corrected chi connectivity index (χ1v) is 10.3. The Labute approximate surface area is 186 Å². The smallest absolute Gasteiger partial charge is 0.343 e. The molecule has 1 aliphatic heterocycles. The lowest BCUT2D eigenvalue weighted by Gasteiger charge is -2.39. The van der Waals surface area contributed by atoms with Gasteiger partial charge in [0.2, 0.25) is 0 Å². The van der Waals surface area contributed by atoms with Crippen molar-refractivity contribution >= 4 is 34.3 Å². The zero-order valence-electron chi connectivity index (χ0n) is 17.1. The number of hydrogen-bond acceptors (Lipinski definition) is 3. The number of aryl methyl sites for hydroxylation is 1. The molecule has 6 nitrogen and oxygen atoms in total. The molecule has 1 aromatic heterocycles. The summed E-state index contributed by atoms with van der Waals surface area (Å²) in [6.07, 6.45) is -2.68. The van der Waals surface area contributed by atoms with Crippen LogP contribution in [-0.2, 0) is 6.54 Å². The summed E-state index contributed by atoms with van der Waals surface area (Å²) in [6.45, 7) is 2.10. The Kier molecular flexibility index (Phi) is 5.85. The van der Waals surface area contributed by atoms with Crippen LogP contribution in [-0.4, -0.2) is 52.3 Å². The maximum Gasteiger partial charge on any atom is 0.405 e. The molecule has 168 valence electrons. The summed E-state index contributed by atoms with van der Waals surface area (Å²) in [7, 11) is 0. The van der Waals surface area contributed by atoms with Gasteiger partial charge in [-0.1, -0.05) is 11.6 Å². The molecule has 1 saturated heterocycles. The molecule has 2 heterocycles. The van der Waals surface area contributed by atoms with Gasteiger partial charge in [-0.2, -0.15) is 18.3 Å². The number of carbonyl (C=O) groups is 2. The van der Waals surface area contributed by atoms with E-state index < -0.39 is 18.6 Å². The van der Waals surface area contributed by atoms with E-state index in [4.69, 9.17) is 11.6 Å². The predicted octanol–water partition coefficient (Wildman–Crippen LogP) is 4.06. The van der Waals surface area contributed by atoms with Gasteiger partial charge in [0.25, 0.3) is 11.8 Å². The molecule has 32 heavy (non-hydrogen) atoms. The minimum absolute atomic E-state index is 0.0473. The van der Waals surface area contributed by atoms with Crippen LogP contribution in [0.5, 0.6) is 0 Å². The first kappa shape index (κ1) is 22.1. The summed E-state index contributed by atoms with van der Waals surface area (Å²) in [4.78, 5) is 26.4. The molecular weight excluding hydrogens is 445 g/mol. The summed E-state index contributed by atoms with van der Waals surface area (Å²) in [5.41, 5.74) is 2.00. The molecule has 0 bridgehead atoms. The van der Waals surface area contributed by atoms with Gasteiger partial charge in [0.1, 0.15) is 6.54 Å². The Morgan fingerprint density at radius 3 is 2.50 bits per heavy atom. The van der Waals surface area contributed by atoms with Gasteiger partial charge in [0.15, 0.2) is 0 Å². The van der Waals surface area contributed by atoms with Gasteiger partial charge in [-0.3, -0.25) is 14.3 Å². The van der Waals surface area contributed by atoms with Gasteiger partial charge in [0, 0.05) is 53.3 Å². The largest absolute Gasteiger partial charge is 0.405 e. The van der Waals surface area contributed by atoms with E-state index in [-0.39, 0.29) is 17.4 Å². The van der Waals surface area contributed by atoms with Gasteiger partial charge in [-0.25, -0.2) is 0 Å². The van der Waals surface area contributed by atoms with Crippen LogP contribution >= 0.6 is 11.6 Å². The Bertz CT molecular complexity index is 1170. The van der Waals surface area contributed by atoms with Gasteiger partial charge >= 0.3 is 6.18 Å². The molecule has 1 aliphatic rings. The number of rotatable bonds is 5. The van der Waals surface area contributed by atoms with Crippen LogP contribution in [0.2, 0.25) is 5.02 Å². The highest BCUT2D eigenvalue weighted by Gasteiger charge is 2.32. The Hall–Kier alpha value is -3.07. The molecule has 3 aromatic rings. The molecule has 1 fully saturated rings. The van der Waals surface area contributed by atoms with Gasteiger partial charge in [-0.15, -0.1) is 0 Å². The van der Waals surface area contributed by atoms with E-state index in [0.29, 0.717) is 46.7 Å². The van der Waals surface area contributed by atoms with Crippen LogP contribution in [0.25, 0.3) is 10.9 Å². The molecule has 0 aliphatic carbocycles. The lowest BCUT2D eigenvalue weighted by molar-refractivity contribution is -0.123. The zero-order chi connectivity index (χ0) is 23.0. The second-order valence-electron chi connectivity index (χ2n) is 7.90. The summed E-state index contributed by atoms with van der Waals surface area (Å²) < 4.78 is 38.9. The molecule has 0 radical (unpaired) electrons. The predicted molar refractivity (Wildman–Crippen MR) is 114 cm³/mol. The summed E-state index contributed by atoms with van der Waals surface area (Å²) in [6, 6.07) is 9.87. The second kappa shape index (κ2) is 8.46. The van der Waals surface area contributed by atoms with Crippen LogP contribution in [0.1, 0.15) is 26.3 Å². The maximum absolute atomic E-state index is 12.5. The number of likely N-dealkylation sites (tertiary alicyclic amines) is 1. The molecule has 0 unspecified atom stereocenters. The first-order valence-electron chi connectivity index (χ1n) is 9.97. The summed E-state index contributed by atoms with van der Waals surface area (Å²) >= 11 is 5.86. The number of amides is 2. The number of hydrogen-bond donors (Lipinski definition) is 1. The van der Waals surface area contributed by atoms with E-state index in [1.807, 2.05) is 5.32 Å². The number of benzene rings is 2. The van der Waals surface area contributed by atoms with Crippen molar-refractivity contribution in [3.8, 4) is 0 Å². The van der Waals surface area contributed by atoms with Gasteiger partial charge in [-0.05, 0) is 48.9 Å². The quantitative estimate of drug-likeness (QED) is 0.619. The van der Waals surface area contributed by atoms with Gasteiger partial charge < -0.3 is 10.2 Å². The van der Waals surface area contributed by atoms with Crippen molar-refractivity contribution in [3.63, 3.8) is 0 Å². The van der Waals surface area contributed by atoms with E-state index in [9.17, 15) is 22.8 Å². The van der Waals surface area contributed by atoms with E-state index in [2.05, 4.69) is 5.10 Å². The minimum atomic E-state index is -4.47. The summed E-state index contributed by atoms with van der Waals surface area (Å²) in [5, 5.41) is 7.68. The first-order chi connectivity index (χ1) is 15.1. The number of nitrogens with one attached hydrogen (secondary N) is 1. The van der Waals surface area contributed by atoms with Crippen LogP contribution in [0.15, 0.2) is 42.6 Å². The van der Waals surface area contributed by atoms with Crippen molar-refractivity contribution in [2.75, 3.05) is 19.6 Å². The number of aromatic nitrogens is 2. The monoisotopic (exact) mass is 464 g/mol. The molecule has 10 heteroatoms. The maximum atomic E-state index is 12.5. The standard InChI is InChI=1S/C22H20ClF3N4O2/c1-13-17(20(31)27-12-22(24,25)26)6-7-19-18(13)11-30(28-19)10-14-8-29(9-14)21(32)15-2-4-16(23)5-3-15/h2-7,11,14H,8-10,12H2,1H3,(H,27,31). The Morgan fingerprint density at radius 2 is 1.84 bits per heavy atom. The fourth-order valence-electron chi connectivity index (χ4n) is 3.79. The Balaban J connectivity index is 1.39. The molecule has 2 aromatic carbocycles. The van der Waals surface area contributed by atoms with Crippen molar-refractivity contribution < 1.29 is 22.8 Å². The molecule has 4 rings (SSSR count). The topological polar surface area (TPSA) is 67.2 Å². The minimum Gasteiger partial charge on any atom is -0.343 e. The lowest BCUT2D eigenvalue weighted by atomic mass is 9.99. The molecule has 0 atom stereocenters. The highest BCUT2D eigenvalue weighted by molar-refractivity contribution is 6.30. The van der Waals surface area contributed by atoms with Crippen LogP contribution < -0.4 is 5.32 Å². The number of carbonyl (C=O) groups excluding carboxylic acids is 2. The second-order valence-corrected chi connectivity index (χ2v) is 8.34. The number of alkyl halides is 3. The van der Waals surface area contributed by atoms with E-state index in [1.54, 1.807) is 53.0 Å².